The largest absolute Gasteiger partial charge is 0.351 e. The number of halogens is 2. The molecule has 0 fully saturated rings. The van der Waals surface area contributed by atoms with Gasteiger partial charge in [0, 0.05) is 17.6 Å². The molecule has 2 N–H and O–H groups in total. The molecule has 2 rings (SSSR count). The lowest BCUT2D eigenvalue weighted by atomic mass is 9.96. The molecule has 5 heteroatoms. The predicted molar refractivity (Wildman–Crippen MR) is 95.3 cm³/mol. The Morgan fingerprint density at radius 2 is 1.79 bits per heavy atom. The molecule has 0 aliphatic carbocycles. The van der Waals surface area contributed by atoms with Crippen molar-refractivity contribution in [2.45, 2.75) is 26.4 Å². The van der Waals surface area contributed by atoms with Crippen LogP contribution in [0.2, 0.25) is 5.02 Å². The Hall–Kier alpha value is -1.91. The van der Waals surface area contributed by atoms with Gasteiger partial charge in [-0.25, -0.2) is 4.39 Å². The first-order valence-electron chi connectivity index (χ1n) is 7.96. The SMILES string of the molecule is CC(C)[C@@H](NCC(=O)NCc1ccccc1Cl)c1ccc(F)cc1. The van der Waals surface area contributed by atoms with Crippen LogP contribution in [0.15, 0.2) is 48.5 Å². The second kappa shape index (κ2) is 8.81. The van der Waals surface area contributed by atoms with Crippen molar-refractivity contribution in [2.24, 2.45) is 5.92 Å². The predicted octanol–water partition coefficient (Wildman–Crippen LogP) is 4.08. The fourth-order valence-electron chi connectivity index (χ4n) is 2.51. The molecule has 0 saturated heterocycles. The molecule has 128 valence electrons. The molecule has 1 atom stereocenters. The third-order valence-corrected chi connectivity index (χ3v) is 4.18. The Morgan fingerprint density at radius 3 is 2.42 bits per heavy atom. The first-order valence-corrected chi connectivity index (χ1v) is 8.34. The van der Waals surface area contributed by atoms with E-state index in [0.717, 1.165) is 11.1 Å². The van der Waals surface area contributed by atoms with E-state index in [1.54, 1.807) is 18.2 Å². The van der Waals surface area contributed by atoms with Crippen molar-refractivity contribution in [1.29, 1.82) is 0 Å². The maximum Gasteiger partial charge on any atom is 0.234 e. The van der Waals surface area contributed by atoms with Gasteiger partial charge in [-0.2, -0.15) is 0 Å². The highest BCUT2D eigenvalue weighted by atomic mass is 35.5. The quantitative estimate of drug-likeness (QED) is 0.791. The van der Waals surface area contributed by atoms with Crippen molar-refractivity contribution in [3.8, 4) is 0 Å². The van der Waals surface area contributed by atoms with E-state index in [9.17, 15) is 9.18 Å². The summed E-state index contributed by atoms with van der Waals surface area (Å²) in [6.45, 7) is 4.69. The zero-order valence-corrected chi connectivity index (χ0v) is 14.6. The third kappa shape index (κ3) is 5.32. The molecule has 3 nitrogen and oxygen atoms in total. The lowest BCUT2D eigenvalue weighted by Crippen LogP contribution is -2.37. The van der Waals surface area contributed by atoms with Gasteiger partial charge in [0.1, 0.15) is 5.82 Å². The number of amides is 1. The van der Waals surface area contributed by atoms with Crippen molar-refractivity contribution >= 4 is 17.5 Å². The summed E-state index contributed by atoms with van der Waals surface area (Å²) in [6.07, 6.45) is 0. The van der Waals surface area contributed by atoms with Crippen LogP contribution in [0.4, 0.5) is 4.39 Å². The van der Waals surface area contributed by atoms with E-state index in [2.05, 4.69) is 24.5 Å². The number of hydrogen-bond donors (Lipinski definition) is 2. The van der Waals surface area contributed by atoms with E-state index in [4.69, 9.17) is 11.6 Å². The van der Waals surface area contributed by atoms with Crippen LogP contribution in [-0.4, -0.2) is 12.5 Å². The van der Waals surface area contributed by atoms with E-state index in [1.165, 1.54) is 12.1 Å². The van der Waals surface area contributed by atoms with Crippen LogP contribution in [0.1, 0.15) is 31.0 Å². The number of carbonyl (C=O) groups is 1. The van der Waals surface area contributed by atoms with Crippen LogP contribution in [0.3, 0.4) is 0 Å². The maximum atomic E-state index is 13.1. The number of rotatable bonds is 7. The van der Waals surface area contributed by atoms with Gasteiger partial charge in [-0.15, -0.1) is 0 Å². The Morgan fingerprint density at radius 1 is 1.12 bits per heavy atom. The molecule has 0 saturated carbocycles. The molecular formula is C19H22ClFN2O. The van der Waals surface area contributed by atoms with Crippen LogP contribution in [0.5, 0.6) is 0 Å². The maximum absolute atomic E-state index is 13.1. The molecule has 0 radical (unpaired) electrons. The Balaban J connectivity index is 1.88. The zero-order chi connectivity index (χ0) is 17.5. The van der Waals surface area contributed by atoms with Crippen molar-refractivity contribution < 1.29 is 9.18 Å². The number of hydrogen-bond acceptors (Lipinski definition) is 2. The summed E-state index contributed by atoms with van der Waals surface area (Å²) in [4.78, 5) is 12.1. The minimum absolute atomic E-state index is 0.0170. The summed E-state index contributed by atoms with van der Waals surface area (Å²) in [5.74, 6) is -0.103. The van der Waals surface area contributed by atoms with Crippen LogP contribution in [0, 0.1) is 11.7 Å². The fourth-order valence-corrected chi connectivity index (χ4v) is 2.71. The lowest BCUT2D eigenvalue weighted by molar-refractivity contribution is -0.120. The average Bonchev–Trinajstić information content (AvgIpc) is 2.55. The molecule has 0 aliphatic rings. The lowest BCUT2D eigenvalue weighted by Gasteiger charge is -2.23. The van der Waals surface area contributed by atoms with Crippen molar-refractivity contribution in [1.82, 2.24) is 10.6 Å². The molecule has 0 spiro atoms. The molecule has 2 aromatic rings. The topological polar surface area (TPSA) is 41.1 Å². The van der Waals surface area contributed by atoms with Gasteiger partial charge in [0.05, 0.1) is 6.54 Å². The number of carbonyl (C=O) groups excluding carboxylic acids is 1. The molecule has 0 heterocycles. The highest BCUT2D eigenvalue weighted by Crippen LogP contribution is 2.21. The fraction of sp³-hybridized carbons (Fsp3) is 0.316. The van der Waals surface area contributed by atoms with Crippen LogP contribution in [0.25, 0.3) is 0 Å². The van der Waals surface area contributed by atoms with Gasteiger partial charge in [0.15, 0.2) is 0 Å². The smallest absolute Gasteiger partial charge is 0.234 e. The van der Waals surface area contributed by atoms with E-state index in [-0.39, 0.29) is 30.2 Å². The summed E-state index contributed by atoms with van der Waals surface area (Å²) in [6, 6.07) is 13.8. The molecular weight excluding hydrogens is 327 g/mol. The minimum Gasteiger partial charge on any atom is -0.351 e. The Bertz CT molecular complexity index is 673. The van der Waals surface area contributed by atoms with Gasteiger partial charge in [-0.05, 0) is 35.2 Å². The molecule has 24 heavy (non-hydrogen) atoms. The molecule has 0 aliphatic heterocycles. The van der Waals surface area contributed by atoms with Gasteiger partial charge < -0.3 is 10.6 Å². The highest BCUT2D eigenvalue weighted by molar-refractivity contribution is 6.31. The molecule has 0 aromatic heterocycles. The highest BCUT2D eigenvalue weighted by Gasteiger charge is 2.16. The second-order valence-electron chi connectivity index (χ2n) is 6.02. The summed E-state index contributed by atoms with van der Waals surface area (Å²) in [5.41, 5.74) is 1.84. The molecule has 1 amide bonds. The normalized spacial score (nSPS) is 12.2. The van der Waals surface area contributed by atoms with Crippen LogP contribution >= 0.6 is 11.6 Å². The van der Waals surface area contributed by atoms with E-state index >= 15 is 0 Å². The summed E-state index contributed by atoms with van der Waals surface area (Å²) >= 11 is 6.07. The van der Waals surface area contributed by atoms with Gasteiger partial charge in [-0.1, -0.05) is 55.8 Å². The Kier molecular flexibility index (Phi) is 6.76. The third-order valence-electron chi connectivity index (χ3n) is 3.81. The van der Waals surface area contributed by atoms with E-state index < -0.39 is 0 Å². The summed E-state index contributed by atoms with van der Waals surface area (Å²) in [5, 5.41) is 6.72. The Labute approximate surface area is 147 Å². The number of nitrogens with one attached hydrogen (secondary N) is 2. The van der Waals surface area contributed by atoms with Crippen LogP contribution in [-0.2, 0) is 11.3 Å². The number of benzene rings is 2. The zero-order valence-electron chi connectivity index (χ0n) is 13.9. The van der Waals surface area contributed by atoms with Gasteiger partial charge >= 0.3 is 0 Å². The van der Waals surface area contributed by atoms with Crippen molar-refractivity contribution in [3.63, 3.8) is 0 Å². The average molecular weight is 349 g/mol. The van der Waals surface area contributed by atoms with Crippen molar-refractivity contribution in [2.75, 3.05) is 6.54 Å². The van der Waals surface area contributed by atoms with Gasteiger partial charge in [-0.3, -0.25) is 4.79 Å². The first-order chi connectivity index (χ1) is 11.5. The second-order valence-corrected chi connectivity index (χ2v) is 6.43. The first kappa shape index (κ1) is 18.4. The van der Waals surface area contributed by atoms with Gasteiger partial charge in [0.2, 0.25) is 5.91 Å². The van der Waals surface area contributed by atoms with E-state index in [0.29, 0.717) is 11.6 Å². The van der Waals surface area contributed by atoms with Gasteiger partial charge in [0.25, 0.3) is 0 Å². The molecule has 0 unspecified atom stereocenters. The van der Waals surface area contributed by atoms with Crippen molar-refractivity contribution in [3.05, 3.63) is 70.5 Å². The van der Waals surface area contributed by atoms with E-state index in [1.807, 2.05) is 18.2 Å². The monoisotopic (exact) mass is 348 g/mol. The summed E-state index contributed by atoms with van der Waals surface area (Å²) < 4.78 is 13.1. The van der Waals surface area contributed by atoms with Crippen LogP contribution < -0.4 is 10.6 Å². The molecule has 0 bridgehead atoms. The minimum atomic E-state index is -0.265. The summed E-state index contributed by atoms with van der Waals surface area (Å²) in [7, 11) is 0. The molecule has 2 aromatic carbocycles. The standard InChI is InChI=1S/C19H22ClFN2O/c1-13(2)19(14-7-9-16(21)10-8-14)23-12-18(24)22-11-15-5-3-4-6-17(15)20/h3-10,13,19,23H,11-12H2,1-2H3,(H,22,24)/t19-/m1/s1.